The van der Waals surface area contributed by atoms with Gasteiger partial charge < -0.3 is 15.4 Å². The molecule has 8 nitrogen and oxygen atoms in total. The largest absolute Gasteiger partial charge is 0.481 e. The fraction of sp³-hybridized carbons (Fsp3) is 0.579. The van der Waals surface area contributed by atoms with Crippen molar-refractivity contribution in [3.63, 3.8) is 0 Å². The molecule has 2 aliphatic carbocycles. The van der Waals surface area contributed by atoms with E-state index < -0.39 is 11.6 Å². The quantitative estimate of drug-likeness (QED) is 0.678. The number of carbonyl (C=O) groups is 3. The number of hydrogen-bond donors (Lipinski definition) is 3. The van der Waals surface area contributed by atoms with Gasteiger partial charge in [0.2, 0.25) is 11.8 Å². The second-order valence-corrected chi connectivity index (χ2v) is 7.73. The van der Waals surface area contributed by atoms with Gasteiger partial charge in [-0.3, -0.25) is 14.9 Å². The maximum Gasteiger partial charge on any atom is 0.322 e. The van der Waals surface area contributed by atoms with Crippen LogP contribution in [0.25, 0.3) is 0 Å². The fourth-order valence-corrected chi connectivity index (χ4v) is 4.50. The predicted molar refractivity (Wildman–Crippen MR) is 95.8 cm³/mol. The van der Waals surface area contributed by atoms with Crippen molar-refractivity contribution in [3.8, 4) is 5.88 Å². The number of imide groups is 1. The summed E-state index contributed by atoms with van der Waals surface area (Å²) in [5, 5.41) is 8.06. The molecule has 8 heteroatoms. The Morgan fingerprint density at radius 2 is 2.04 bits per heavy atom. The first-order valence-corrected chi connectivity index (χ1v) is 9.46. The zero-order valence-corrected chi connectivity index (χ0v) is 15.3. The molecule has 0 bridgehead atoms. The minimum Gasteiger partial charge on any atom is -0.481 e. The van der Waals surface area contributed by atoms with Gasteiger partial charge in [-0.1, -0.05) is 18.9 Å². The Bertz CT molecular complexity index is 769. The van der Waals surface area contributed by atoms with E-state index in [1.54, 1.807) is 13.2 Å². The average Bonchev–Trinajstić information content (AvgIpc) is 3.25. The van der Waals surface area contributed by atoms with Gasteiger partial charge >= 0.3 is 6.03 Å². The zero-order chi connectivity index (χ0) is 19.0. The molecule has 1 unspecified atom stereocenters. The second kappa shape index (κ2) is 6.83. The van der Waals surface area contributed by atoms with Crippen LogP contribution in [0.5, 0.6) is 5.88 Å². The third-order valence-electron chi connectivity index (χ3n) is 6.02. The van der Waals surface area contributed by atoms with Crippen LogP contribution >= 0.6 is 0 Å². The molecule has 2 heterocycles. The van der Waals surface area contributed by atoms with E-state index in [9.17, 15) is 14.4 Å². The molecule has 0 radical (unpaired) electrons. The van der Waals surface area contributed by atoms with Crippen molar-refractivity contribution in [1.82, 2.24) is 20.9 Å². The highest BCUT2D eigenvalue weighted by Crippen LogP contribution is 2.41. The third-order valence-corrected chi connectivity index (χ3v) is 6.02. The highest BCUT2D eigenvalue weighted by atomic mass is 16.5. The molecule has 3 aliphatic rings. The summed E-state index contributed by atoms with van der Waals surface area (Å²) < 4.78 is 5.23. The highest BCUT2D eigenvalue weighted by molar-refractivity contribution is 6.08. The van der Waals surface area contributed by atoms with Gasteiger partial charge in [-0.15, -0.1) is 0 Å². The minimum atomic E-state index is -0.907. The maximum atomic E-state index is 12.8. The van der Waals surface area contributed by atoms with Gasteiger partial charge in [0.05, 0.1) is 18.8 Å². The van der Waals surface area contributed by atoms with Crippen molar-refractivity contribution in [2.75, 3.05) is 7.11 Å². The molecule has 3 N–H and O–H groups in total. The Labute approximate surface area is 157 Å². The normalized spacial score (nSPS) is 28.4. The third kappa shape index (κ3) is 3.24. The molecule has 1 aromatic rings. The first-order chi connectivity index (χ1) is 13.0. The van der Waals surface area contributed by atoms with Crippen LogP contribution in [0.4, 0.5) is 4.79 Å². The lowest BCUT2D eigenvalue weighted by Crippen LogP contribution is -2.60. The number of methoxy groups -OCH3 is 1. The second-order valence-electron chi connectivity index (χ2n) is 7.73. The summed E-state index contributed by atoms with van der Waals surface area (Å²) in [7, 11) is 1.57. The minimum absolute atomic E-state index is 0.0870. The van der Waals surface area contributed by atoms with Crippen LogP contribution in [-0.2, 0) is 9.59 Å². The molecule has 4 rings (SSSR count). The van der Waals surface area contributed by atoms with Crippen LogP contribution in [0.2, 0.25) is 0 Å². The molecule has 27 heavy (non-hydrogen) atoms. The summed E-state index contributed by atoms with van der Waals surface area (Å²) in [6.45, 7) is 0. The van der Waals surface area contributed by atoms with E-state index in [0.29, 0.717) is 24.6 Å². The fourth-order valence-electron chi connectivity index (χ4n) is 4.50. The van der Waals surface area contributed by atoms with E-state index in [4.69, 9.17) is 4.74 Å². The number of nitrogens with one attached hydrogen (secondary N) is 3. The summed E-state index contributed by atoms with van der Waals surface area (Å²) in [5.41, 5.74) is -0.105. The molecular formula is C19H24N4O4. The molecular weight excluding hydrogens is 348 g/mol. The van der Waals surface area contributed by atoms with E-state index >= 15 is 0 Å². The molecule has 0 aromatic carbocycles. The Hall–Kier alpha value is -2.64. The predicted octanol–water partition coefficient (Wildman–Crippen LogP) is 1.43. The van der Waals surface area contributed by atoms with Crippen molar-refractivity contribution in [2.45, 2.75) is 50.1 Å². The number of aromatic nitrogens is 1. The lowest BCUT2D eigenvalue weighted by molar-refractivity contribution is -0.137. The standard InChI is InChI=1S/C19H24N4O4/c1-27-14-8-4-7-13(20-14)15(11-5-2-3-6-11)21-16(24)12-9-19(10-12)17(25)22-18(26)23-19/h4,7-8,11-12,15H,2-3,5-6,9-10H2,1H3,(H,21,24)(H2,22,23,25,26). The molecule has 1 saturated heterocycles. The molecule has 1 aliphatic heterocycles. The average molecular weight is 372 g/mol. The molecule has 1 aromatic heterocycles. The monoisotopic (exact) mass is 372 g/mol. The summed E-state index contributed by atoms with van der Waals surface area (Å²) >= 11 is 0. The van der Waals surface area contributed by atoms with E-state index in [1.165, 1.54) is 0 Å². The van der Waals surface area contributed by atoms with Gasteiger partial charge in [0, 0.05) is 12.0 Å². The van der Waals surface area contributed by atoms with Gasteiger partial charge in [-0.05, 0) is 37.7 Å². The number of ether oxygens (including phenoxy) is 1. The van der Waals surface area contributed by atoms with Crippen LogP contribution in [0.15, 0.2) is 18.2 Å². The molecule has 4 amide bonds. The lowest BCUT2D eigenvalue weighted by atomic mass is 9.67. The van der Waals surface area contributed by atoms with Crippen molar-refractivity contribution >= 4 is 17.8 Å². The zero-order valence-electron chi connectivity index (χ0n) is 15.3. The van der Waals surface area contributed by atoms with Gasteiger partial charge in [-0.2, -0.15) is 0 Å². The van der Waals surface area contributed by atoms with Crippen molar-refractivity contribution in [1.29, 1.82) is 0 Å². The van der Waals surface area contributed by atoms with Crippen molar-refractivity contribution < 1.29 is 19.1 Å². The number of carbonyl (C=O) groups excluding carboxylic acids is 3. The smallest absolute Gasteiger partial charge is 0.322 e. The van der Waals surface area contributed by atoms with E-state index in [2.05, 4.69) is 20.9 Å². The Kier molecular flexibility index (Phi) is 4.49. The van der Waals surface area contributed by atoms with Crippen LogP contribution in [0.3, 0.4) is 0 Å². The SMILES string of the molecule is COc1cccc(C(NC(=O)C2CC3(C2)NC(=O)NC3=O)C2CCCC2)n1. The van der Waals surface area contributed by atoms with Gasteiger partial charge in [0.15, 0.2) is 0 Å². The summed E-state index contributed by atoms with van der Waals surface area (Å²) in [5.74, 6) is 0.160. The van der Waals surface area contributed by atoms with Crippen LogP contribution in [-0.4, -0.2) is 35.5 Å². The highest BCUT2D eigenvalue weighted by Gasteiger charge is 2.57. The molecule has 1 atom stereocenters. The van der Waals surface area contributed by atoms with Gasteiger partial charge in [-0.25, -0.2) is 9.78 Å². The first-order valence-electron chi connectivity index (χ1n) is 9.46. The number of urea groups is 1. The first kappa shape index (κ1) is 17.8. The topological polar surface area (TPSA) is 109 Å². The number of hydrogen-bond acceptors (Lipinski definition) is 5. The summed E-state index contributed by atoms with van der Waals surface area (Å²) in [6.07, 6.45) is 5.08. The van der Waals surface area contributed by atoms with E-state index in [-0.39, 0.29) is 23.8 Å². The Morgan fingerprint density at radius 1 is 1.30 bits per heavy atom. The van der Waals surface area contributed by atoms with Crippen molar-refractivity contribution in [2.24, 2.45) is 11.8 Å². The Balaban J connectivity index is 1.46. The van der Waals surface area contributed by atoms with Crippen molar-refractivity contribution in [3.05, 3.63) is 23.9 Å². The summed E-state index contributed by atoms with van der Waals surface area (Å²) in [6, 6.07) is 4.93. The van der Waals surface area contributed by atoms with Gasteiger partial charge in [0.25, 0.3) is 5.91 Å². The number of nitrogens with zero attached hydrogens (tertiary/aromatic N) is 1. The number of amides is 4. The number of pyridine rings is 1. The Morgan fingerprint density at radius 3 is 2.67 bits per heavy atom. The molecule has 3 fully saturated rings. The van der Waals surface area contributed by atoms with Crippen LogP contribution < -0.4 is 20.7 Å². The molecule has 1 spiro atoms. The van der Waals surface area contributed by atoms with Gasteiger partial charge in [0.1, 0.15) is 5.54 Å². The maximum absolute atomic E-state index is 12.8. The molecule has 144 valence electrons. The molecule has 2 saturated carbocycles. The summed E-state index contributed by atoms with van der Waals surface area (Å²) in [4.78, 5) is 40.7. The van der Waals surface area contributed by atoms with Crippen LogP contribution in [0, 0.1) is 11.8 Å². The number of rotatable bonds is 5. The van der Waals surface area contributed by atoms with Crippen LogP contribution in [0.1, 0.15) is 50.3 Å². The van der Waals surface area contributed by atoms with E-state index in [0.717, 1.165) is 31.4 Å². The van der Waals surface area contributed by atoms with E-state index in [1.807, 2.05) is 12.1 Å². The lowest BCUT2D eigenvalue weighted by Gasteiger charge is -2.42.